The van der Waals surface area contributed by atoms with E-state index in [0.717, 1.165) is 25.0 Å². The minimum atomic E-state index is -3.76. The lowest BCUT2D eigenvalue weighted by Crippen LogP contribution is -2.43. The van der Waals surface area contributed by atoms with Gasteiger partial charge in [0, 0.05) is 32.6 Å². The maximum absolute atomic E-state index is 13.3. The number of piperidine rings is 1. The molecular weight excluding hydrogens is 427 g/mol. The lowest BCUT2D eigenvalue weighted by molar-refractivity contribution is -0.135. The number of hydrogen-bond acceptors (Lipinski definition) is 3. The molecule has 1 aliphatic heterocycles. The molecular formula is C22H26ClFN2O3S. The van der Waals surface area contributed by atoms with Crippen molar-refractivity contribution in [2.45, 2.75) is 30.6 Å². The molecule has 3 rings (SSSR count). The summed E-state index contributed by atoms with van der Waals surface area (Å²) in [5.74, 6) is -0.782. The number of carbonyl (C=O) groups excluding carboxylic acids is 1. The van der Waals surface area contributed by atoms with E-state index in [1.165, 1.54) is 15.9 Å². The van der Waals surface area contributed by atoms with Crippen molar-refractivity contribution >= 4 is 27.5 Å². The Balaban J connectivity index is 1.51. The van der Waals surface area contributed by atoms with Crippen molar-refractivity contribution < 1.29 is 17.6 Å². The van der Waals surface area contributed by atoms with Gasteiger partial charge in [-0.25, -0.2) is 12.8 Å². The topological polar surface area (TPSA) is 57.7 Å². The second kappa shape index (κ2) is 9.90. The molecule has 0 aromatic heterocycles. The fourth-order valence-corrected chi connectivity index (χ4v) is 5.46. The summed E-state index contributed by atoms with van der Waals surface area (Å²) in [5.41, 5.74) is 1.25. The monoisotopic (exact) mass is 452 g/mol. The highest BCUT2D eigenvalue weighted by atomic mass is 35.5. The van der Waals surface area contributed by atoms with Gasteiger partial charge in [-0.2, -0.15) is 4.31 Å². The van der Waals surface area contributed by atoms with Crippen molar-refractivity contribution in [3.63, 3.8) is 0 Å². The van der Waals surface area contributed by atoms with Crippen LogP contribution in [0.15, 0.2) is 53.4 Å². The summed E-state index contributed by atoms with van der Waals surface area (Å²) in [7, 11) is -1.96. The first-order valence-corrected chi connectivity index (χ1v) is 11.8. The number of aryl methyl sites for hydroxylation is 1. The van der Waals surface area contributed by atoms with Crippen molar-refractivity contribution in [2.24, 2.45) is 5.92 Å². The van der Waals surface area contributed by atoms with E-state index in [-0.39, 0.29) is 34.8 Å². The van der Waals surface area contributed by atoms with E-state index in [0.29, 0.717) is 19.4 Å². The van der Waals surface area contributed by atoms with Crippen LogP contribution in [0.2, 0.25) is 5.02 Å². The number of hydrogen-bond donors (Lipinski definition) is 0. The summed E-state index contributed by atoms with van der Waals surface area (Å²) in [6.07, 6.45) is 2.73. The largest absolute Gasteiger partial charge is 0.346 e. The number of amides is 1. The van der Waals surface area contributed by atoms with E-state index < -0.39 is 15.8 Å². The predicted molar refractivity (Wildman–Crippen MR) is 115 cm³/mol. The third-order valence-electron chi connectivity index (χ3n) is 5.51. The van der Waals surface area contributed by atoms with Crippen LogP contribution in [0, 0.1) is 11.7 Å². The molecule has 30 heavy (non-hydrogen) atoms. The first-order chi connectivity index (χ1) is 14.3. The Labute approximate surface area is 182 Å². The average molecular weight is 453 g/mol. The molecule has 0 bridgehead atoms. The Kier molecular flexibility index (Phi) is 7.50. The number of benzene rings is 2. The van der Waals surface area contributed by atoms with E-state index in [1.807, 2.05) is 18.2 Å². The van der Waals surface area contributed by atoms with E-state index in [9.17, 15) is 17.6 Å². The summed E-state index contributed by atoms with van der Waals surface area (Å²) in [4.78, 5) is 14.5. The molecule has 0 saturated carbocycles. The SMILES string of the molecule is CN(CCCc1ccccc1)C(=O)C1CCN(S(=O)(=O)c2ccc(F)c(Cl)c2)CC1. The predicted octanol–water partition coefficient (Wildman–Crippen LogP) is 3.97. The van der Waals surface area contributed by atoms with Gasteiger partial charge in [0.25, 0.3) is 0 Å². The molecule has 5 nitrogen and oxygen atoms in total. The molecule has 0 radical (unpaired) electrons. The lowest BCUT2D eigenvalue weighted by Gasteiger charge is -2.32. The van der Waals surface area contributed by atoms with Gasteiger partial charge in [-0.05, 0) is 49.4 Å². The van der Waals surface area contributed by atoms with E-state index in [2.05, 4.69) is 12.1 Å². The lowest BCUT2D eigenvalue weighted by atomic mass is 9.96. The van der Waals surface area contributed by atoms with Crippen LogP contribution < -0.4 is 0 Å². The number of nitrogens with zero attached hydrogens (tertiary/aromatic N) is 2. The van der Waals surface area contributed by atoms with Crippen LogP contribution in [0.3, 0.4) is 0 Å². The van der Waals surface area contributed by atoms with Crippen molar-refractivity contribution in [3.05, 3.63) is 64.9 Å². The van der Waals surface area contributed by atoms with Crippen molar-refractivity contribution in [2.75, 3.05) is 26.7 Å². The van der Waals surface area contributed by atoms with Crippen LogP contribution in [-0.4, -0.2) is 50.2 Å². The third kappa shape index (κ3) is 5.39. The maximum Gasteiger partial charge on any atom is 0.243 e. The van der Waals surface area contributed by atoms with Gasteiger partial charge in [-0.1, -0.05) is 41.9 Å². The minimum Gasteiger partial charge on any atom is -0.346 e. The first kappa shape index (κ1) is 22.7. The number of halogens is 2. The number of carbonyl (C=O) groups is 1. The van der Waals surface area contributed by atoms with Crippen LogP contribution in [0.1, 0.15) is 24.8 Å². The third-order valence-corrected chi connectivity index (χ3v) is 7.69. The molecule has 1 saturated heterocycles. The van der Waals surface area contributed by atoms with Crippen LogP contribution in [0.5, 0.6) is 0 Å². The van der Waals surface area contributed by atoms with Gasteiger partial charge in [0.1, 0.15) is 5.82 Å². The van der Waals surface area contributed by atoms with E-state index in [4.69, 9.17) is 11.6 Å². The van der Waals surface area contributed by atoms with E-state index in [1.54, 1.807) is 11.9 Å². The fraction of sp³-hybridized carbons (Fsp3) is 0.409. The molecule has 0 atom stereocenters. The fourth-order valence-electron chi connectivity index (χ4n) is 3.72. The van der Waals surface area contributed by atoms with Crippen LogP contribution >= 0.6 is 11.6 Å². The van der Waals surface area contributed by atoms with Gasteiger partial charge in [-0.15, -0.1) is 0 Å². The van der Waals surface area contributed by atoms with Gasteiger partial charge in [-0.3, -0.25) is 4.79 Å². The van der Waals surface area contributed by atoms with Gasteiger partial charge < -0.3 is 4.90 Å². The second-order valence-electron chi connectivity index (χ2n) is 7.60. The van der Waals surface area contributed by atoms with Gasteiger partial charge >= 0.3 is 0 Å². The standard InChI is InChI=1S/C22H26ClFN2O3S/c1-25(13-5-8-17-6-3-2-4-7-17)22(27)18-11-14-26(15-12-18)30(28,29)19-9-10-21(24)20(23)16-19/h2-4,6-7,9-10,16,18H,5,8,11-15H2,1H3. The van der Waals surface area contributed by atoms with Crippen molar-refractivity contribution in [1.29, 1.82) is 0 Å². The smallest absolute Gasteiger partial charge is 0.243 e. The molecule has 0 unspecified atom stereocenters. The Morgan fingerprint density at radius 3 is 2.47 bits per heavy atom. The first-order valence-electron chi connectivity index (χ1n) is 10.0. The Morgan fingerprint density at radius 2 is 1.83 bits per heavy atom. The van der Waals surface area contributed by atoms with Gasteiger partial charge in [0.15, 0.2) is 0 Å². The summed E-state index contributed by atoms with van der Waals surface area (Å²) in [6, 6.07) is 13.5. The zero-order chi connectivity index (χ0) is 21.7. The molecule has 0 aliphatic carbocycles. The summed E-state index contributed by atoms with van der Waals surface area (Å²) in [5, 5.41) is -0.224. The zero-order valence-corrected chi connectivity index (χ0v) is 18.5. The highest BCUT2D eigenvalue weighted by molar-refractivity contribution is 7.89. The van der Waals surface area contributed by atoms with Gasteiger partial charge in [0.2, 0.25) is 15.9 Å². The van der Waals surface area contributed by atoms with Crippen molar-refractivity contribution in [1.82, 2.24) is 9.21 Å². The van der Waals surface area contributed by atoms with Crippen molar-refractivity contribution in [3.8, 4) is 0 Å². The highest BCUT2D eigenvalue weighted by Gasteiger charge is 2.33. The maximum atomic E-state index is 13.3. The molecule has 0 N–H and O–H groups in total. The zero-order valence-electron chi connectivity index (χ0n) is 16.9. The highest BCUT2D eigenvalue weighted by Crippen LogP contribution is 2.27. The molecule has 162 valence electrons. The number of rotatable bonds is 7. The molecule has 1 amide bonds. The van der Waals surface area contributed by atoms with Crippen LogP contribution in [-0.2, 0) is 21.2 Å². The summed E-state index contributed by atoms with van der Waals surface area (Å²) >= 11 is 5.73. The van der Waals surface area contributed by atoms with Crippen LogP contribution in [0.25, 0.3) is 0 Å². The Morgan fingerprint density at radius 1 is 1.17 bits per heavy atom. The van der Waals surface area contributed by atoms with Gasteiger partial charge in [0.05, 0.1) is 9.92 Å². The molecule has 2 aromatic carbocycles. The Hall–Kier alpha value is -1.96. The van der Waals surface area contributed by atoms with Crippen LogP contribution in [0.4, 0.5) is 4.39 Å². The summed E-state index contributed by atoms with van der Waals surface area (Å²) < 4.78 is 40.3. The average Bonchev–Trinajstić information content (AvgIpc) is 2.75. The minimum absolute atomic E-state index is 0.0308. The molecule has 1 fully saturated rings. The number of sulfonamides is 1. The molecule has 8 heteroatoms. The Bertz CT molecular complexity index is 977. The van der Waals surface area contributed by atoms with E-state index >= 15 is 0 Å². The molecule has 0 spiro atoms. The molecule has 1 heterocycles. The summed E-state index contributed by atoms with van der Waals surface area (Å²) in [6.45, 7) is 1.18. The second-order valence-corrected chi connectivity index (χ2v) is 9.95. The molecule has 2 aromatic rings. The normalized spacial score (nSPS) is 15.8. The quantitative estimate of drug-likeness (QED) is 0.638. The molecule has 1 aliphatic rings.